The van der Waals surface area contributed by atoms with Crippen molar-refractivity contribution >= 4 is 34.5 Å². The molecule has 2 N–H and O–H groups in total. The standard InChI is InChI=1S/C27H35N5O4/c1-3-5-13-31-18-25(34)32-14-8-11-23(32)27(36)30(12-4-2)17-24(33)29-22(26(31)35)15-19-16-28-21-10-7-6-9-20(19)21/h4,6-7,9-10,16,22-23,28H,2-3,5,8,11-15,17-18H2,1H3,(H,29,33)/t22-,23+/m0/s1. The van der Waals surface area contributed by atoms with Gasteiger partial charge in [0.2, 0.25) is 23.6 Å². The number of carbonyl (C=O) groups is 4. The van der Waals surface area contributed by atoms with E-state index in [1.54, 1.807) is 15.9 Å². The molecular formula is C27H35N5O4. The Morgan fingerprint density at radius 3 is 2.67 bits per heavy atom. The van der Waals surface area contributed by atoms with Gasteiger partial charge in [0.25, 0.3) is 0 Å². The minimum absolute atomic E-state index is 0.107. The van der Waals surface area contributed by atoms with Gasteiger partial charge in [-0.1, -0.05) is 37.6 Å². The molecule has 192 valence electrons. The molecule has 4 amide bonds. The third-order valence-electron chi connectivity index (χ3n) is 7.01. The Morgan fingerprint density at radius 1 is 1.08 bits per heavy atom. The van der Waals surface area contributed by atoms with Crippen LogP contribution >= 0.6 is 0 Å². The predicted octanol–water partition coefficient (Wildman–Crippen LogP) is 1.84. The summed E-state index contributed by atoms with van der Waals surface area (Å²) in [7, 11) is 0. The van der Waals surface area contributed by atoms with Crippen LogP contribution in [-0.4, -0.2) is 88.1 Å². The molecule has 2 aliphatic heterocycles. The first-order valence-electron chi connectivity index (χ1n) is 12.7. The lowest BCUT2D eigenvalue weighted by Crippen LogP contribution is -2.58. The Morgan fingerprint density at radius 2 is 1.89 bits per heavy atom. The molecule has 0 saturated carbocycles. The molecule has 4 rings (SSSR count). The molecule has 1 aromatic heterocycles. The van der Waals surface area contributed by atoms with Crippen LogP contribution in [0.4, 0.5) is 0 Å². The average Bonchev–Trinajstić information content (AvgIpc) is 3.52. The van der Waals surface area contributed by atoms with Crippen molar-refractivity contribution in [2.75, 3.05) is 32.7 Å². The molecule has 2 fully saturated rings. The fourth-order valence-corrected chi connectivity index (χ4v) is 5.15. The first-order valence-corrected chi connectivity index (χ1v) is 12.7. The quantitative estimate of drug-likeness (QED) is 0.574. The minimum atomic E-state index is -0.865. The number of amides is 4. The highest BCUT2D eigenvalue weighted by molar-refractivity contribution is 5.96. The van der Waals surface area contributed by atoms with E-state index in [1.807, 2.05) is 37.4 Å². The van der Waals surface area contributed by atoms with E-state index in [1.165, 1.54) is 4.90 Å². The highest BCUT2D eigenvalue weighted by atomic mass is 16.2. The van der Waals surface area contributed by atoms with Gasteiger partial charge in [0, 0.05) is 43.2 Å². The van der Waals surface area contributed by atoms with Crippen LogP contribution < -0.4 is 5.32 Å². The molecule has 2 aromatic rings. The monoisotopic (exact) mass is 493 g/mol. The number of fused-ring (bicyclic) bond motifs is 2. The number of unbranched alkanes of at least 4 members (excludes halogenated alkanes) is 1. The van der Waals surface area contributed by atoms with Gasteiger partial charge in [0.05, 0.1) is 13.1 Å². The molecule has 36 heavy (non-hydrogen) atoms. The second-order valence-electron chi connectivity index (χ2n) is 9.55. The van der Waals surface area contributed by atoms with Gasteiger partial charge in [0.1, 0.15) is 12.1 Å². The van der Waals surface area contributed by atoms with Crippen molar-refractivity contribution < 1.29 is 19.2 Å². The molecule has 0 aliphatic carbocycles. The summed E-state index contributed by atoms with van der Waals surface area (Å²) in [5.41, 5.74) is 1.84. The molecule has 2 saturated heterocycles. The van der Waals surface area contributed by atoms with Gasteiger partial charge in [-0.25, -0.2) is 0 Å². The Bertz CT molecular complexity index is 1140. The number of rotatable bonds is 7. The molecule has 2 aliphatic rings. The van der Waals surface area contributed by atoms with E-state index in [-0.39, 0.29) is 43.8 Å². The van der Waals surface area contributed by atoms with Gasteiger partial charge in [-0.3, -0.25) is 19.2 Å². The second kappa shape index (κ2) is 11.4. The minimum Gasteiger partial charge on any atom is -0.361 e. The molecule has 0 spiro atoms. The van der Waals surface area contributed by atoms with E-state index in [0.717, 1.165) is 29.3 Å². The SMILES string of the molecule is C=CCN1CC(=O)N[C@@H](Cc2c[nH]c3ccccc23)C(=O)N(CCCC)CC(=O)N2CCC[C@@H]2C1=O. The number of carbonyl (C=O) groups excluding carboxylic acids is 4. The summed E-state index contributed by atoms with van der Waals surface area (Å²) < 4.78 is 0. The number of aromatic nitrogens is 1. The molecule has 1 aromatic carbocycles. The molecule has 3 heterocycles. The summed E-state index contributed by atoms with van der Waals surface area (Å²) in [4.78, 5) is 61.4. The summed E-state index contributed by atoms with van der Waals surface area (Å²) in [5, 5.41) is 3.86. The number of hydrogen-bond donors (Lipinski definition) is 2. The molecule has 2 atom stereocenters. The smallest absolute Gasteiger partial charge is 0.246 e. The van der Waals surface area contributed by atoms with Crippen LogP contribution in [0.5, 0.6) is 0 Å². The summed E-state index contributed by atoms with van der Waals surface area (Å²) in [6, 6.07) is 6.31. The highest BCUT2D eigenvalue weighted by Gasteiger charge is 2.39. The zero-order chi connectivity index (χ0) is 25.7. The fraction of sp³-hybridized carbons (Fsp3) is 0.481. The molecular weight excluding hydrogens is 458 g/mol. The van der Waals surface area contributed by atoms with Crippen LogP contribution in [0.1, 0.15) is 38.2 Å². The van der Waals surface area contributed by atoms with E-state index >= 15 is 0 Å². The van der Waals surface area contributed by atoms with Crippen LogP contribution in [0.15, 0.2) is 43.1 Å². The maximum atomic E-state index is 13.8. The van der Waals surface area contributed by atoms with Crippen molar-refractivity contribution in [1.29, 1.82) is 0 Å². The Hall–Kier alpha value is -3.62. The van der Waals surface area contributed by atoms with Gasteiger partial charge in [-0.2, -0.15) is 0 Å². The lowest BCUT2D eigenvalue weighted by atomic mass is 10.0. The Labute approximate surface area is 211 Å². The fourth-order valence-electron chi connectivity index (χ4n) is 5.15. The van der Waals surface area contributed by atoms with Crippen molar-refractivity contribution in [3.63, 3.8) is 0 Å². The third kappa shape index (κ3) is 5.45. The number of aromatic amines is 1. The summed E-state index contributed by atoms with van der Waals surface area (Å²) >= 11 is 0. The zero-order valence-corrected chi connectivity index (χ0v) is 20.9. The van der Waals surface area contributed by atoms with Gasteiger partial charge in [0.15, 0.2) is 0 Å². The second-order valence-corrected chi connectivity index (χ2v) is 9.55. The number of nitrogens with one attached hydrogen (secondary N) is 2. The van der Waals surface area contributed by atoms with E-state index in [2.05, 4.69) is 16.9 Å². The van der Waals surface area contributed by atoms with E-state index in [0.29, 0.717) is 25.9 Å². The number of hydrogen-bond acceptors (Lipinski definition) is 4. The topological polar surface area (TPSA) is 106 Å². The third-order valence-corrected chi connectivity index (χ3v) is 7.01. The Kier molecular flexibility index (Phi) is 8.07. The van der Waals surface area contributed by atoms with Crippen molar-refractivity contribution in [1.82, 2.24) is 25.0 Å². The van der Waals surface area contributed by atoms with Crippen LogP contribution in [0.25, 0.3) is 10.9 Å². The van der Waals surface area contributed by atoms with Gasteiger partial charge in [-0.05, 0) is 30.9 Å². The summed E-state index contributed by atoms with van der Waals surface area (Å²) in [6.07, 6.45) is 6.55. The molecule has 9 heteroatoms. The zero-order valence-electron chi connectivity index (χ0n) is 20.9. The average molecular weight is 494 g/mol. The van der Waals surface area contributed by atoms with Crippen LogP contribution in [0, 0.1) is 0 Å². The lowest BCUT2D eigenvalue weighted by Gasteiger charge is -2.34. The van der Waals surface area contributed by atoms with Crippen molar-refractivity contribution in [3.8, 4) is 0 Å². The van der Waals surface area contributed by atoms with E-state index in [9.17, 15) is 19.2 Å². The van der Waals surface area contributed by atoms with E-state index in [4.69, 9.17) is 0 Å². The van der Waals surface area contributed by atoms with E-state index < -0.39 is 18.0 Å². The molecule has 0 radical (unpaired) electrons. The highest BCUT2D eigenvalue weighted by Crippen LogP contribution is 2.22. The first kappa shape index (κ1) is 25.5. The maximum absolute atomic E-state index is 13.8. The maximum Gasteiger partial charge on any atom is 0.246 e. The van der Waals surface area contributed by atoms with Crippen molar-refractivity contribution in [3.05, 3.63) is 48.7 Å². The van der Waals surface area contributed by atoms with Crippen LogP contribution in [0.2, 0.25) is 0 Å². The van der Waals surface area contributed by atoms with Gasteiger partial charge >= 0.3 is 0 Å². The van der Waals surface area contributed by atoms with Crippen molar-refractivity contribution in [2.45, 2.75) is 51.1 Å². The van der Waals surface area contributed by atoms with Crippen LogP contribution in [0.3, 0.4) is 0 Å². The number of para-hydroxylation sites is 1. The number of benzene rings is 1. The largest absolute Gasteiger partial charge is 0.361 e. The first-order chi connectivity index (χ1) is 17.4. The lowest BCUT2D eigenvalue weighted by molar-refractivity contribution is -0.149. The van der Waals surface area contributed by atoms with Gasteiger partial charge < -0.3 is 25.0 Å². The van der Waals surface area contributed by atoms with Crippen LogP contribution in [-0.2, 0) is 25.6 Å². The number of H-pyrrole nitrogens is 1. The summed E-state index contributed by atoms with van der Waals surface area (Å²) in [5.74, 6) is -1.17. The molecule has 0 unspecified atom stereocenters. The summed E-state index contributed by atoms with van der Waals surface area (Å²) in [6.45, 7) is 6.51. The molecule has 9 nitrogen and oxygen atoms in total. The Balaban J connectivity index is 1.68. The molecule has 0 bridgehead atoms. The number of nitrogens with zero attached hydrogens (tertiary/aromatic N) is 3. The predicted molar refractivity (Wildman–Crippen MR) is 137 cm³/mol. The van der Waals surface area contributed by atoms with Gasteiger partial charge in [-0.15, -0.1) is 6.58 Å². The normalized spacial score (nSPS) is 21.9. The van der Waals surface area contributed by atoms with Crippen molar-refractivity contribution in [2.24, 2.45) is 0 Å².